The summed E-state index contributed by atoms with van der Waals surface area (Å²) in [6.45, 7) is 7.80. The summed E-state index contributed by atoms with van der Waals surface area (Å²) in [5.74, 6) is 0.0109. The van der Waals surface area contributed by atoms with Crippen molar-refractivity contribution in [1.82, 2.24) is 20.0 Å². The molecule has 0 bridgehead atoms. The Morgan fingerprint density at radius 3 is 2.54 bits per heavy atom. The standard InChI is InChI=1S/C17H28N4O3/c1-3-14(22)20-9-5-6-13(12-20)21-15(23)17(18-16(21)24)7-10-19(4-2)11-8-17/h13H,3-12H2,1-2H3,(H,18,24)/t13-/m1/s1. The van der Waals surface area contributed by atoms with Crippen LogP contribution in [0.15, 0.2) is 0 Å². The van der Waals surface area contributed by atoms with Crippen LogP contribution in [-0.4, -0.2) is 76.8 Å². The molecule has 0 aromatic carbocycles. The van der Waals surface area contributed by atoms with Crippen LogP contribution in [0.1, 0.15) is 46.0 Å². The molecule has 3 aliphatic rings. The smallest absolute Gasteiger partial charge is 0.325 e. The van der Waals surface area contributed by atoms with E-state index in [0.717, 1.165) is 39.0 Å². The lowest BCUT2D eigenvalue weighted by atomic mass is 9.87. The molecule has 7 nitrogen and oxygen atoms in total. The fourth-order valence-corrected chi connectivity index (χ4v) is 4.18. The summed E-state index contributed by atoms with van der Waals surface area (Å²) in [5.41, 5.74) is -0.722. The van der Waals surface area contributed by atoms with Gasteiger partial charge < -0.3 is 15.1 Å². The zero-order valence-electron chi connectivity index (χ0n) is 14.7. The van der Waals surface area contributed by atoms with Crippen LogP contribution in [0.4, 0.5) is 4.79 Å². The predicted octanol–water partition coefficient (Wildman–Crippen LogP) is 0.794. The third kappa shape index (κ3) is 2.90. The first-order valence-corrected chi connectivity index (χ1v) is 9.16. The predicted molar refractivity (Wildman–Crippen MR) is 89.3 cm³/mol. The number of hydrogen-bond acceptors (Lipinski definition) is 4. The van der Waals surface area contributed by atoms with Crippen LogP contribution < -0.4 is 5.32 Å². The van der Waals surface area contributed by atoms with Gasteiger partial charge in [-0.15, -0.1) is 0 Å². The topological polar surface area (TPSA) is 73.0 Å². The molecule has 134 valence electrons. The maximum Gasteiger partial charge on any atom is 0.325 e. The summed E-state index contributed by atoms with van der Waals surface area (Å²) < 4.78 is 0. The molecule has 4 amide bonds. The van der Waals surface area contributed by atoms with Crippen molar-refractivity contribution >= 4 is 17.8 Å². The van der Waals surface area contributed by atoms with Crippen molar-refractivity contribution in [3.8, 4) is 0 Å². The number of likely N-dealkylation sites (tertiary alicyclic amines) is 2. The van der Waals surface area contributed by atoms with Gasteiger partial charge in [-0.1, -0.05) is 13.8 Å². The van der Waals surface area contributed by atoms with Crippen LogP contribution >= 0.6 is 0 Å². The van der Waals surface area contributed by atoms with E-state index in [2.05, 4.69) is 17.1 Å². The molecule has 24 heavy (non-hydrogen) atoms. The fourth-order valence-electron chi connectivity index (χ4n) is 4.18. The molecule has 0 unspecified atom stereocenters. The van der Waals surface area contributed by atoms with Gasteiger partial charge in [0, 0.05) is 32.6 Å². The highest BCUT2D eigenvalue weighted by Gasteiger charge is 2.54. The van der Waals surface area contributed by atoms with Crippen molar-refractivity contribution in [2.45, 2.75) is 57.5 Å². The van der Waals surface area contributed by atoms with E-state index in [4.69, 9.17) is 0 Å². The molecule has 7 heteroatoms. The van der Waals surface area contributed by atoms with E-state index in [-0.39, 0.29) is 23.9 Å². The van der Waals surface area contributed by atoms with E-state index in [9.17, 15) is 14.4 Å². The van der Waals surface area contributed by atoms with Crippen LogP contribution in [-0.2, 0) is 9.59 Å². The number of nitrogens with one attached hydrogen (secondary N) is 1. The first-order chi connectivity index (χ1) is 11.5. The maximum atomic E-state index is 13.1. The molecule has 0 aliphatic carbocycles. The zero-order valence-corrected chi connectivity index (χ0v) is 14.7. The van der Waals surface area contributed by atoms with Crippen LogP contribution in [0.2, 0.25) is 0 Å². The number of nitrogens with zero attached hydrogens (tertiary/aromatic N) is 3. The number of carbonyl (C=O) groups is 3. The molecule has 3 aliphatic heterocycles. The molecule has 3 fully saturated rings. The van der Waals surface area contributed by atoms with Gasteiger partial charge in [-0.2, -0.15) is 0 Å². The third-order valence-electron chi connectivity index (χ3n) is 5.77. The van der Waals surface area contributed by atoms with Crippen LogP contribution in [0.5, 0.6) is 0 Å². The highest BCUT2D eigenvalue weighted by molar-refractivity contribution is 6.07. The number of hydrogen-bond donors (Lipinski definition) is 1. The van der Waals surface area contributed by atoms with Gasteiger partial charge in [0.15, 0.2) is 0 Å². The Hall–Kier alpha value is -1.63. The van der Waals surface area contributed by atoms with E-state index in [1.165, 1.54) is 4.90 Å². The first-order valence-electron chi connectivity index (χ1n) is 9.16. The average molecular weight is 336 g/mol. The summed E-state index contributed by atoms with van der Waals surface area (Å²) in [5, 5.41) is 2.98. The Balaban J connectivity index is 1.71. The van der Waals surface area contributed by atoms with Crippen molar-refractivity contribution in [3.63, 3.8) is 0 Å². The van der Waals surface area contributed by atoms with Gasteiger partial charge >= 0.3 is 6.03 Å². The normalized spacial score (nSPS) is 27.7. The number of urea groups is 1. The fraction of sp³-hybridized carbons (Fsp3) is 0.824. The van der Waals surface area contributed by atoms with E-state index in [0.29, 0.717) is 25.8 Å². The van der Waals surface area contributed by atoms with Crippen LogP contribution in [0.25, 0.3) is 0 Å². The van der Waals surface area contributed by atoms with E-state index in [1.807, 2.05) is 6.92 Å². The quantitative estimate of drug-likeness (QED) is 0.774. The molecule has 3 rings (SSSR count). The van der Waals surface area contributed by atoms with Gasteiger partial charge in [0.05, 0.1) is 6.04 Å². The van der Waals surface area contributed by atoms with Gasteiger partial charge in [-0.05, 0) is 32.2 Å². The number of imide groups is 1. The van der Waals surface area contributed by atoms with Gasteiger partial charge in [0.25, 0.3) is 5.91 Å². The second-order valence-corrected chi connectivity index (χ2v) is 7.11. The van der Waals surface area contributed by atoms with Crippen LogP contribution in [0, 0.1) is 0 Å². The highest BCUT2D eigenvalue weighted by Crippen LogP contribution is 2.32. The molecule has 0 aromatic rings. The van der Waals surface area contributed by atoms with Crippen molar-refractivity contribution in [2.75, 3.05) is 32.7 Å². The average Bonchev–Trinajstić information content (AvgIpc) is 2.85. The lowest BCUT2D eigenvalue weighted by Crippen LogP contribution is -2.56. The molecule has 0 radical (unpaired) electrons. The van der Waals surface area contributed by atoms with Crippen molar-refractivity contribution in [1.29, 1.82) is 0 Å². The van der Waals surface area contributed by atoms with Gasteiger partial charge in [0.1, 0.15) is 5.54 Å². The molecule has 3 saturated heterocycles. The summed E-state index contributed by atoms with van der Waals surface area (Å²) in [4.78, 5) is 43.1. The molecule has 1 N–H and O–H groups in total. The third-order valence-corrected chi connectivity index (χ3v) is 5.77. The molecular weight excluding hydrogens is 308 g/mol. The van der Waals surface area contributed by atoms with E-state index in [1.54, 1.807) is 4.90 Å². The first kappa shape index (κ1) is 17.2. The number of piperidine rings is 2. The molecule has 1 atom stereocenters. The molecular formula is C17H28N4O3. The SMILES string of the molecule is CCC(=O)N1CCC[C@@H](N2C(=O)NC3(CCN(CC)CC3)C2=O)C1. The Kier molecular flexibility index (Phi) is 4.80. The zero-order chi connectivity index (χ0) is 17.3. The Morgan fingerprint density at radius 1 is 1.21 bits per heavy atom. The number of carbonyl (C=O) groups excluding carboxylic acids is 3. The minimum Gasteiger partial charge on any atom is -0.341 e. The molecule has 1 spiro atoms. The Morgan fingerprint density at radius 2 is 1.92 bits per heavy atom. The maximum absolute atomic E-state index is 13.1. The van der Waals surface area contributed by atoms with E-state index >= 15 is 0 Å². The second kappa shape index (κ2) is 6.70. The molecule has 0 aromatic heterocycles. The van der Waals surface area contributed by atoms with Gasteiger partial charge in [-0.3, -0.25) is 14.5 Å². The largest absolute Gasteiger partial charge is 0.341 e. The summed E-state index contributed by atoms with van der Waals surface area (Å²) in [7, 11) is 0. The van der Waals surface area contributed by atoms with Crippen molar-refractivity contribution in [2.24, 2.45) is 0 Å². The highest BCUT2D eigenvalue weighted by atomic mass is 16.2. The summed E-state index contributed by atoms with van der Waals surface area (Å²) in [6, 6.07) is -0.467. The lowest BCUT2D eigenvalue weighted by Gasteiger charge is -2.38. The van der Waals surface area contributed by atoms with Crippen molar-refractivity contribution < 1.29 is 14.4 Å². The summed E-state index contributed by atoms with van der Waals surface area (Å²) >= 11 is 0. The minimum absolute atomic E-state index is 0.0842. The van der Waals surface area contributed by atoms with Gasteiger partial charge in [0.2, 0.25) is 5.91 Å². The van der Waals surface area contributed by atoms with Crippen molar-refractivity contribution in [3.05, 3.63) is 0 Å². The Labute approximate surface area is 143 Å². The van der Waals surface area contributed by atoms with Gasteiger partial charge in [-0.25, -0.2) is 4.79 Å². The van der Waals surface area contributed by atoms with E-state index < -0.39 is 5.54 Å². The van der Waals surface area contributed by atoms with Crippen LogP contribution in [0.3, 0.4) is 0 Å². The second-order valence-electron chi connectivity index (χ2n) is 7.11. The Bertz CT molecular complexity index is 528. The monoisotopic (exact) mass is 336 g/mol. The number of rotatable bonds is 3. The number of amides is 4. The molecule has 3 heterocycles. The lowest BCUT2D eigenvalue weighted by molar-refractivity contribution is -0.139. The summed E-state index contributed by atoms with van der Waals surface area (Å²) in [6.07, 6.45) is 3.43. The minimum atomic E-state index is -0.722. The molecule has 0 saturated carbocycles.